The molecule has 0 aliphatic heterocycles. The van der Waals surface area contributed by atoms with E-state index < -0.39 is 10.0 Å². The Morgan fingerprint density at radius 3 is 2.12 bits per heavy atom. The maximum absolute atomic E-state index is 8.32. The van der Waals surface area contributed by atoms with E-state index in [-0.39, 0.29) is 6.10 Å². The van der Waals surface area contributed by atoms with Crippen LogP contribution in [0.1, 0.15) is 0 Å². The van der Waals surface area contributed by atoms with Gasteiger partial charge in [0.15, 0.2) is 0 Å². The van der Waals surface area contributed by atoms with E-state index in [1.54, 1.807) is 12.2 Å². The van der Waals surface area contributed by atoms with Gasteiger partial charge in [0.2, 0.25) is 0 Å². The standard InChI is InChI=1S/C5H10O2Si/c1-3-5(4-2)7-8-6/h3-6H,1-2,8H2. The van der Waals surface area contributed by atoms with Crippen LogP contribution in [0.3, 0.4) is 0 Å². The van der Waals surface area contributed by atoms with E-state index in [0.29, 0.717) is 0 Å². The van der Waals surface area contributed by atoms with Crippen LogP contribution < -0.4 is 0 Å². The van der Waals surface area contributed by atoms with Gasteiger partial charge in [-0.2, -0.15) is 0 Å². The third-order valence-corrected chi connectivity index (χ3v) is 1.27. The number of hydrogen-bond acceptors (Lipinski definition) is 2. The van der Waals surface area contributed by atoms with Crippen molar-refractivity contribution >= 4 is 10.0 Å². The van der Waals surface area contributed by atoms with Crippen molar-refractivity contribution in [3.8, 4) is 0 Å². The highest BCUT2D eigenvalue weighted by Crippen LogP contribution is 1.89. The van der Waals surface area contributed by atoms with Crippen molar-refractivity contribution in [2.75, 3.05) is 0 Å². The first-order valence-corrected chi connectivity index (χ1v) is 3.53. The molecule has 0 unspecified atom stereocenters. The van der Waals surface area contributed by atoms with E-state index in [1.165, 1.54) is 0 Å². The highest BCUT2D eigenvalue weighted by molar-refractivity contribution is 6.16. The summed E-state index contributed by atoms with van der Waals surface area (Å²) >= 11 is 0. The number of hydrogen-bond donors (Lipinski definition) is 1. The van der Waals surface area contributed by atoms with Crippen LogP contribution in [0, 0.1) is 0 Å². The summed E-state index contributed by atoms with van der Waals surface area (Å²) < 4.78 is 4.80. The molecule has 0 amide bonds. The van der Waals surface area contributed by atoms with Crippen molar-refractivity contribution < 1.29 is 9.22 Å². The average Bonchev–Trinajstić information content (AvgIpc) is 1.83. The lowest BCUT2D eigenvalue weighted by molar-refractivity contribution is 0.266. The van der Waals surface area contributed by atoms with Crippen LogP contribution in [0.2, 0.25) is 0 Å². The smallest absolute Gasteiger partial charge is 0.302 e. The van der Waals surface area contributed by atoms with Gasteiger partial charge in [0.1, 0.15) is 0 Å². The normalized spacial score (nSPS) is 10.8. The van der Waals surface area contributed by atoms with E-state index in [9.17, 15) is 0 Å². The third kappa shape index (κ3) is 2.73. The minimum atomic E-state index is -1.30. The van der Waals surface area contributed by atoms with Crippen molar-refractivity contribution in [1.82, 2.24) is 0 Å². The van der Waals surface area contributed by atoms with Gasteiger partial charge in [-0.1, -0.05) is 12.2 Å². The minimum absolute atomic E-state index is 0.160. The van der Waals surface area contributed by atoms with Crippen molar-refractivity contribution in [3.05, 3.63) is 25.3 Å². The van der Waals surface area contributed by atoms with Crippen LogP contribution in [-0.2, 0) is 4.43 Å². The second kappa shape index (κ2) is 4.77. The van der Waals surface area contributed by atoms with Crippen molar-refractivity contribution in [3.63, 3.8) is 0 Å². The second-order valence-electron chi connectivity index (χ2n) is 1.23. The van der Waals surface area contributed by atoms with Gasteiger partial charge in [-0.05, 0) is 0 Å². The fourth-order valence-corrected chi connectivity index (χ4v) is 0.763. The molecule has 0 aromatic heterocycles. The molecule has 0 heterocycles. The fourth-order valence-electron chi connectivity index (χ4n) is 0.318. The topological polar surface area (TPSA) is 29.5 Å². The molecule has 0 aromatic rings. The number of rotatable bonds is 4. The van der Waals surface area contributed by atoms with E-state index in [1.807, 2.05) is 0 Å². The van der Waals surface area contributed by atoms with Gasteiger partial charge < -0.3 is 9.22 Å². The molecule has 8 heavy (non-hydrogen) atoms. The maximum atomic E-state index is 8.32. The highest BCUT2D eigenvalue weighted by Gasteiger charge is 1.92. The van der Waals surface area contributed by atoms with Gasteiger partial charge in [-0.15, -0.1) is 13.2 Å². The Labute approximate surface area is 51.5 Å². The first-order valence-electron chi connectivity index (χ1n) is 2.32. The second-order valence-corrected chi connectivity index (χ2v) is 1.82. The van der Waals surface area contributed by atoms with Gasteiger partial charge >= 0.3 is 10.0 Å². The molecule has 0 fully saturated rings. The molecule has 0 aliphatic carbocycles. The summed E-state index contributed by atoms with van der Waals surface area (Å²) in [5.41, 5.74) is 0. The molecule has 46 valence electrons. The lowest BCUT2D eigenvalue weighted by atomic mass is 10.4. The molecule has 3 heteroatoms. The molecule has 0 saturated heterocycles. The Kier molecular flexibility index (Phi) is 4.54. The fraction of sp³-hybridized carbons (Fsp3) is 0.200. The molecule has 0 saturated carbocycles. The van der Waals surface area contributed by atoms with Crippen LogP contribution >= 0.6 is 0 Å². The van der Waals surface area contributed by atoms with E-state index >= 15 is 0 Å². The highest BCUT2D eigenvalue weighted by atomic mass is 28.2. The lowest BCUT2D eigenvalue weighted by Gasteiger charge is -2.03. The molecule has 2 nitrogen and oxygen atoms in total. The monoisotopic (exact) mass is 130 g/mol. The van der Waals surface area contributed by atoms with Gasteiger partial charge in [0.05, 0.1) is 6.10 Å². The summed E-state index contributed by atoms with van der Waals surface area (Å²) in [6, 6.07) is 0. The molecule has 1 N–H and O–H groups in total. The zero-order valence-corrected chi connectivity index (χ0v) is 6.12. The van der Waals surface area contributed by atoms with Crippen LogP contribution in [-0.4, -0.2) is 20.9 Å². The molecule has 0 atom stereocenters. The summed E-state index contributed by atoms with van der Waals surface area (Å²) in [4.78, 5) is 8.32. The van der Waals surface area contributed by atoms with Crippen molar-refractivity contribution in [1.29, 1.82) is 0 Å². The van der Waals surface area contributed by atoms with Crippen LogP contribution in [0.5, 0.6) is 0 Å². The molecule has 0 radical (unpaired) electrons. The Hall–Kier alpha value is -0.383. The molecule has 0 rings (SSSR count). The summed E-state index contributed by atoms with van der Waals surface area (Å²) in [6.07, 6.45) is 3.03. The lowest BCUT2D eigenvalue weighted by Crippen LogP contribution is -2.08. The van der Waals surface area contributed by atoms with E-state index in [2.05, 4.69) is 13.2 Å². The maximum Gasteiger partial charge on any atom is 0.302 e. The summed E-state index contributed by atoms with van der Waals surface area (Å²) in [5, 5.41) is 0. The summed E-state index contributed by atoms with van der Waals surface area (Å²) in [5.74, 6) is 0. The Bertz CT molecular complexity index is 74.5. The minimum Gasteiger partial charge on any atom is -0.415 e. The Balaban J connectivity index is 3.35. The van der Waals surface area contributed by atoms with Crippen LogP contribution in [0.15, 0.2) is 25.3 Å². The van der Waals surface area contributed by atoms with E-state index in [4.69, 9.17) is 9.22 Å². The van der Waals surface area contributed by atoms with Gasteiger partial charge in [0, 0.05) is 0 Å². The predicted octanol–water partition coefficient (Wildman–Crippen LogP) is -0.265. The Morgan fingerprint density at radius 2 is 2.00 bits per heavy atom. The van der Waals surface area contributed by atoms with E-state index in [0.717, 1.165) is 0 Å². The predicted molar refractivity (Wildman–Crippen MR) is 36.0 cm³/mol. The van der Waals surface area contributed by atoms with Crippen LogP contribution in [0.4, 0.5) is 0 Å². The van der Waals surface area contributed by atoms with Crippen molar-refractivity contribution in [2.24, 2.45) is 0 Å². The molecule has 0 aromatic carbocycles. The molecular formula is C5H10O2Si. The molecular weight excluding hydrogens is 120 g/mol. The average molecular weight is 130 g/mol. The SMILES string of the molecule is C=CC(C=C)O[SiH2]O. The van der Waals surface area contributed by atoms with Crippen LogP contribution in [0.25, 0.3) is 0 Å². The zero-order valence-electron chi connectivity index (χ0n) is 4.71. The molecule has 0 bridgehead atoms. The quantitative estimate of drug-likeness (QED) is 0.419. The largest absolute Gasteiger partial charge is 0.415 e. The van der Waals surface area contributed by atoms with Gasteiger partial charge in [-0.25, -0.2) is 0 Å². The first-order chi connectivity index (χ1) is 3.85. The Morgan fingerprint density at radius 1 is 1.50 bits per heavy atom. The molecule has 0 aliphatic rings. The zero-order chi connectivity index (χ0) is 6.41. The third-order valence-electron chi connectivity index (χ3n) is 0.732. The summed E-state index contributed by atoms with van der Waals surface area (Å²) in [7, 11) is -1.30. The first kappa shape index (κ1) is 7.62. The van der Waals surface area contributed by atoms with Gasteiger partial charge in [-0.3, -0.25) is 0 Å². The van der Waals surface area contributed by atoms with Gasteiger partial charge in [0.25, 0.3) is 0 Å². The van der Waals surface area contributed by atoms with Crippen molar-refractivity contribution in [2.45, 2.75) is 6.10 Å². The molecule has 0 spiro atoms. The summed E-state index contributed by atoms with van der Waals surface area (Å²) in [6.45, 7) is 6.93.